The van der Waals surface area contributed by atoms with Crippen molar-refractivity contribution in [3.8, 4) is 17.1 Å². The van der Waals surface area contributed by atoms with E-state index in [-0.39, 0.29) is 5.69 Å². The quantitative estimate of drug-likeness (QED) is 0.230. The van der Waals surface area contributed by atoms with E-state index >= 15 is 0 Å². The number of nitro groups is 1. The Kier molecular flexibility index (Phi) is 6.64. The van der Waals surface area contributed by atoms with E-state index in [0.717, 1.165) is 28.9 Å². The monoisotopic (exact) mass is 478 g/mol. The Labute approximate surface area is 198 Å². The Morgan fingerprint density at radius 2 is 1.97 bits per heavy atom. The van der Waals surface area contributed by atoms with Gasteiger partial charge in [0.2, 0.25) is 11.7 Å². The van der Waals surface area contributed by atoms with Gasteiger partial charge in [-0.2, -0.15) is 4.39 Å². The molecule has 9 nitrogen and oxygen atoms in total. The van der Waals surface area contributed by atoms with Crippen molar-refractivity contribution in [2.24, 2.45) is 0 Å². The van der Waals surface area contributed by atoms with Crippen LogP contribution >= 0.6 is 11.8 Å². The molecule has 1 N–H and O–H groups in total. The highest BCUT2D eigenvalue weighted by Gasteiger charge is 2.23. The van der Waals surface area contributed by atoms with Crippen LogP contribution in [0.25, 0.3) is 17.1 Å². The SMILES string of the molecule is Cc1ccccc1-n1c(SC(C)C(=O)Nc2ccc(F)c([N+](=O)[O-])c2)nnc1-c1cccnc1. The number of hydrogen-bond acceptors (Lipinski definition) is 7. The van der Waals surface area contributed by atoms with Gasteiger partial charge < -0.3 is 5.32 Å². The number of carbonyl (C=O) groups is 1. The van der Waals surface area contributed by atoms with Crippen LogP contribution in [0.5, 0.6) is 0 Å². The number of aryl methyl sites for hydroxylation is 1. The molecular formula is C23H19FN6O3S. The lowest BCUT2D eigenvalue weighted by molar-refractivity contribution is -0.387. The number of nitrogens with one attached hydrogen (secondary N) is 1. The van der Waals surface area contributed by atoms with Crippen LogP contribution in [0.15, 0.2) is 72.1 Å². The summed E-state index contributed by atoms with van der Waals surface area (Å²) in [7, 11) is 0. The second kappa shape index (κ2) is 9.79. The number of anilines is 1. The molecule has 1 atom stereocenters. The summed E-state index contributed by atoms with van der Waals surface area (Å²) >= 11 is 1.18. The number of amides is 1. The minimum atomic E-state index is -0.973. The zero-order chi connectivity index (χ0) is 24.2. The molecule has 172 valence electrons. The standard InChI is InChI=1S/C23H19FN6O3S/c1-14-6-3-4-8-19(14)29-21(16-7-5-11-25-13-16)27-28-23(29)34-15(2)22(31)26-17-9-10-18(24)20(12-17)30(32)33/h3-13,15H,1-2H3,(H,26,31). The molecule has 0 aliphatic heterocycles. The first-order valence-electron chi connectivity index (χ1n) is 10.2. The number of para-hydroxylation sites is 1. The Morgan fingerprint density at radius 1 is 1.18 bits per heavy atom. The van der Waals surface area contributed by atoms with Crippen molar-refractivity contribution in [1.82, 2.24) is 19.7 Å². The number of benzene rings is 2. The van der Waals surface area contributed by atoms with Crippen molar-refractivity contribution in [3.63, 3.8) is 0 Å². The lowest BCUT2D eigenvalue weighted by atomic mass is 10.2. The van der Waals surface area contributed by atoms with E-state index in [1.54, 1.807) is 25.4 Å². The second-order valence-electron chi connectivity index (χ2n) is 7.34. The van der Waals surface area contributed by atoms with E-state index in [9.17, 15) is 19.3 Å². The van der Waals surface area contributed by atoms with Gasteiger partial charge in [0.1, 0.15) is 0 Å². The molecule has 34 heavy (non-hydrogen) atoms. The molecule has 0 saturated heterocycles. The van der Waals surface area contributed by atoms with Crippen molar-refractivity contribution >= 4 is 29.0 Å². The molecule has 0 aliphatic carbocycles. The Balaban J connectivity index is 1.63. The van der Waals surface area contributed by atoms with E-state index < -0.39 is 27.6 Å². The smallest absolute Gasteiger partial charge is 0.306 e. The van der Waals surface area contributed by atoms with E-state index in [0.29, 0.717) is 11.0 Å². The zero-order valence-corrected chi connectivity index (χ0v) is 19.0. The van der Waals surface area contributed by atoms with E-state index in [2.05, 4.69) is 20.5 Å². The largest absolute Gasteiger partial charge is 0.325 e. The lowest BCUT2D eigenvalue weighted by Crippen LogP contribution is -2.23. The van der Waals surface area contributed by atoms with E-state index in [1.165, 1.54) is 17.8 Å². The molecule has 0 bridgehead atoms. The molecule has 4 aromatic rings. The van der Waals surface area contributed by atoms with Crippen molar-refractivity contribution in [2.75, 3.05) is 5.32 Å². The summed E-state index contributed by atoms with van der Waals surface area (Å²) in [6, 6.07) is 14.6. The first-order chi connectivity index (χ1) is 16.3. The molecule has 4 rings (SSSR count). The minimum Gasteiger partial charge on any atom is -0.325 e. The fraction of sp³-hybridized carbons (Fsp3) is 0.130. The lowest BCUT2D eigenvalue weighted by Gasteiger charge is -2.15. The van der Waals surface area contributed by atoms with Crippen LogP contribution < -0.4 is 5.32 Å². The van der Waals surface area contributed by atoms with Gasteiger partial charge in [0, 0.05) is 29.7 Å². The minimum absolute atomic E-state index is 0.127. The van der Waals surface area contributed by atoms with Gasteiger partial charge in [-0.05, 0) is 49.7 Å². The Bertz CT molecular complexity index is 1360. The molecule has 1 amide bonds. The number of hydrogen-bond donors (Lipinski definition) is 1. The fourth-order valence-electron chi connectivity index (χ4n) is 3.25. The van der Waals surface area contributed by atoms with Crippen molar-refractivity contribution in [3.05, 3.63) is 88.5 Å². The van der Waals surface area contributed by atoms with Crippen LogP contribution in [0.3, 0.4) is 0 Å². The number of pyridine rings is 1. The summed E-state index contributed by atoms with van der Waals surface area (Å²) in [4.78, 5) is 27.1. The molecule has 0 saturated carbocycles. The van der Waals surface area contributed by atoms with Crippen LogP contribution in [0.2, 0.25) is 0 Å². The summed E-state index contributed by atoms with van der Waals surface area (Å²) < 4.78 is 15.5. The number of aromatic nitrogens is 4. The van der Waals surface area contributed by atoms with Gasteiger partial charge in [-0.25, -0.2) is 0 Å². The highest BCUT2D eigenvalue weighted by Crippen LogP contribution is 2.31. The molecule has 1 unspecified atom stereocenters. The molecule has 0 fully saturated rings. The van der Waals surface area contributed by atoms with Crippen LogP contribution in [-0.2, 0) is 4.79 Å². The summed E-state index contributed by atoms with van der Waals surface area (Å²) in [5, 5.41) is 22.1. The highest BCUT2D eigenvalue weighted by atomic mass is 32.2. The van der Waals surface area contributed by atoms with Gasteiger partial charge in [-0.15, -0.1) is 10.2 Å². The number of carbonyl (C=O) groups excluding carboxylic acids is 1. The normalized spacial score (nSPS) is 11.7. The third kappa shape index (κ3) is 4.79. The van der Waals surface area contributed by atoms with E-state index in [1.807, 2.05) is 41.8 Å². The number of halogens is 1. The maximum Gasteiger partial charge on any atom is 0.306 e. The average molecular weight is 479 g/mol. The Morgan fingerprint density at radius 3 is 2.68 bits per heavy atom. The predicted octanol–water partition coefficient (Wildman–Crippen LogP) is 4.80. The molecule has 0 radical (unpaired) electrons. The van der Waals surface area contributed by atoms with Gasteiger partial charge in [0.05, 0.1) is 15.9 Å². The molecule has 0 spiro atoms. The molecule has 2 heterocycles. The average Bonchev–Trinajstić information content (AvgIpc) is 3.24. The molecule has 2 aromatic carbocycles. The maximum absolute atomic E-state index is 13.6. The Hall–Kier alpha value is -4.12. The van der Waals surface area contributed by atoms with Gasteiger partial charge in [-0.3, -0.25) is 24.5 Å². The molecule has 2 aromatic heterocycles. The topological polar surface area (TPSA) is 116 Å². The molecular weight excluding hydrogens is 459 g/mol. The maximum atomic E-state index is 13.6. The molecule has 0 aliphatic rings. The number of nitro benzene ring substituents is 1. The van der Waals surface area contributed by atoms with Crippen molar-refractivity contribution < 1.29 is 14.1 Å². The summed E-state index contributed by atoms with van der Waals surface area (Å²) in [6.45, 7) is 3.65. The van der Waals surface area contributed by atoms with Gasteiger partial charge >= 0.3 is 5.69 Å². The first-order valence-corrected chi connectivity index (χ1v) is 11.1. The highest BCUT2D eigenvalue weighted by molar-refractivity contribution is 8.00. The number of thioether (sulfide) groups is 1. The van der Waals surface area contributed by atoms with Crippen LogP contribution in [0.1, 0.15) is 12.5 Å². The van der Waals surface area contributed by atoms with Crippen LogP contribution in [0, 0.1) is 22.9 Å². The van der Waals surface area contributed by atoms with Crippen LogP contribution in [-0.4, -0.2) is 35.8 Å². The summed E-state index contributed by atoms with van der Waals surface area (Å²) in [5.41, 5.74) is 2.03. The summed E-state index contributed by atoms with van der Waals surface area (Å²) in [5.74, 6) is -0.820. The number of nitrogens with zero attached hydrogens (tertiary/aromatic N) is 5. The second-order valence-corrected chi connectivity index (χ2v) is 8.65. The van der Waals surface area contributed by atoms with Crippen LogP contribution in [0.4, 0.5) is 15.8 Å². The van der Waals surface area contributed by atoms with E-state index in [4.69, 9.17) is 0 Å². The predicted molar refractivity (Wildman–Crippen MR) is 126 cm³/mol. The van der Waals surface area contributed by atoms with Gasteiger partial charge in [0.25, 0.3) is 0 Å². The zero-order valence-electron chi connectivity index (χ0n) is 18.2. The summed E-state index contributed by atoms with van der Waals surface area (Å²) in [6.07, 6.45) is 3.35. The third-order valence-electron chi connectivity index (χ3n) is 4.97. The van der Waals surface area contributed by atoms with Gasteiger partial charge in [0.15, 0.2) is 11.0 Å². The van der Waals surface area contributed by atoms with Crippen molar-refractivity contribution in [1.29, 1.82) is 0 Å². The van der Waals surface area contributed by atoms with Gasteiger partial charge in [-0.1, -0.05) is 30.0 Å². The third-order valence-corrected chi connectivity index (χ3v) is 6.01. The first kappa shape index (κ1) is 23.1. The fourth-order valence-corrected chi connectivity index (χ4v) is 4.11. The van der Waals surface area contributed by atoms with Crippen molar-refractivity contribution in [2.45, 2.75) is 24.3 Å². The molecule has 11 heteroatoms. The number of rotatable bonds is 7.